The number of guanidine groups is 1. The molecule has 9 nitrogen and oxygen atoms in total. The summed E-state index contributed by atoms with van der Waals surface area (Å²) in [6, 6.07) is -0.127. The fraction of sp³-hybridized carbons (Fsp3) is 0.905. The highest BCUT2D eigenvalue weighted by molar-refractivity contribution is 14.0. The molecule has 1 fully saturated rings. The monoisotopic (exact) mass is 557 g/mol. The summed E-state index contributed by atoms with van der Waals surface area (Å²) in [5.74, 6) is 0.814. The highest BCUT2D eigenvalue weighted by Gasteiger charge is 2.26. The van der Waals surface area contributed by atoms with Crippen molar-refractivity contribution < 1.29 is 19.4 Å². The molecule has 31 heavy (non-hydrogen) atoms. The van der Waals surface area contributed by atoms with Crippen LogP contribution in [0.5, 0.6) is 0 Å². The summed E-state index contributed by atoms with van der Waals surface area (Å²) in [6.07, 6.45) is -0.432. The fourth-order valence-electron chi connectivity index (χ4n) is 3.00. The molecule has 1 heterocycles. The molecule has 1 amide bonds. The van der Waals surface area contributed by atoms with Gasteiger partial charge in [0.1, 0.15) is 5.60 Å². The number of morpholine rings is 1. The number of nitrogens with one attached hydrogen (secondary N) is 3. The van der Waals surface area contributed by atoms with Crippen molar-refractivity contribution in [2.75, 3.05) is 52.5 Å². The van der Waals surface area contributed by atoms with Crippen molar-refractivity contribution in [1.29, 1.82) is 0 Å². The Morgan fingerprint density at radius 1 is 1.19 bits per heavy atom. The number of rotatable bonds is 9. The highest BCUT2D eigenvalue weighted by atomic mass is 127. The molecule has 4 N–H and O–H groups in total. The SMILES string of the molecule is CCNC(=NCC(C)(O)CN1CCOCC1)NCC(NC(=O)OC(C)(C)C)C(C)C.I. The van der Waals surface area contributed by atoms with Crippen LogP contribution in [-0.2, 0) is 9.47 Å². The molecule has 0 spiro atoms. The predicted octanol–water partition coefficient (Wildman–Crippen LogP) is 1.79. The predicted molar refractivity (Wildman–Crippen MR) is 135 cm³/mol. The maximum atomic E-state index is 12.1. The molecule has 1 aliphatic rings. The molecule has 1 saturated heterocycles. The Labute approximate surface area is 205 Å². The van der Waals surface area contributed by atoms with E-state index in [9.17, 15) is 9.90 Å². The van der Waals surface area contributed by atoms with Gasteiger partial charge in [-0.1, -0.05) is 13.8 Å². The summed E-state index contributed by atoms with van der Waals surface area (Å²) in [5.41, 5.74) is -1.48. The van der Waals surface area contributed by atoms with E-state index in [2.05, 4.69) is 25.8 Å². The molecule has 0 saturated carbocycles. The number of nitrogens with zero attached hydrogens (tertiary/aromatic N) is 2. The molecule has 2 unspecified atom stereocenters. The quantitative estimate of drug-likeness (QED) is 0.195. The van der Waals surface area contributed by atoms with E-state index in [1.165, 1.54) is 0 Å². The van der Waals surface area contributed by atoms with E-state index in [0.29, 0.717) is 38.8 Å². The van der Waals surface area contributed by atoms with Crippen molar-refractivity contribution >= 4 is 36.0 Å². The lowest BCUT2D eigenvalue weighted by atomic mass is 10.0. The van der Waals surface area contributed by atoms with Crippen LogP contribution < -0.4 is 16.0 Å². The van der Waals surface area contributed by atoms with E-state index >= 15 is 0 Å². The van der Waals surface area contributed by atoms with E-state index in [1.54, 1.807) is 6.92 Å². The minimum atomic E-state index is -0.939. The van der Waals surface area contributed by atoms with Gasteiger partial charge in [0.15, 0.2) is 5.96 Å². The number of halogens is 1. The summed E-state index contributed by atoms with van der Waals surface area (Å²) in [6.45, 7) is 18.5. The first kappa shape index (κ1) is 30.1. The summed E-state index contributed by atoms with van der Waals surface area (Å²) >= 11 is 0. The maximum absolute atomic E-state index is 12.1. The van der Waals surface area contributed by atoms with E-state index in [1.807, 2.05) is 41.5 Å². The molecule has 0 aliphatic carbocycles. The van der Waals surface area contributed by atoms with Crippen LogP contribution in [0.25, 0.3) is 0 Å². The Morgan fingerprint density at radius 2 is 1.81 bits per heavy atom. The van der Waals surface area contributed by atoms with Gasteiger partial charge in [-0.25, -0.2) is 4.79 Å². The number of amides is 1. The third-order valence-electron chi connectivity index (χ3n) is 4.59. The smallest absolute Gasteiger partial charge is 0.407 e. The molecule has 2 atom stereocenters. The molecule has 0 radical (unpaired) electrons. The Balaban J connectivity index is 0.00000900. The number of carbonyl (C=O) groups excluding carboxylic acids is 1. The molecule has 1 aliphatic heterocycles. The van der Waals surface area contributed by atoms with Gasteiger partial charge in [0.25, 0.3) is 0 Å². The van der Waals surface area contributed by atoms with E-state index in [0.717, 1.165) is 13.1 Å². The number of β-amino-alcohol motifs (C(OH)–C–C–N with tert-alkyl or cyclic N) is 1. The second kappa shape index (κ2) is 14.3. The van der Waals surface area contributed by atoms with Crippen molar-refractivity contribution in [3.63, 3.8) is 0 Å². The van der Waals surface area contributed by atoms with Gasteiger partial charge < -0.3 is 30.5 Å². The Kier molecular flexibility index (Phi) is 13.9. The van der Waals surface area contributed by atoms with Crippen molar-refractivity contribution in [3.8, 4) is 0 Å². The normalized spacial score (nSPS) is 18.5. The van der Waals surface area contributed by atoms with Crippen LogP contribution in [-0.4, -0.2) is 91.8 Å². The summed E-state index contributed by atoms with van der Waals surface area (Å²) < 4.78 is 10.7. The summed E-state index contributed by atoms with van der Waals surface area (Å²) in [7, 11) is 0. The van der Waals surface area contributed by atoms with Crippen LogP contribution >= 0.6 is 24.0 Å². The molecule has 184 valence electrons. The first-order valence-corrected chi connectivity index (χ1v) is 11.0. The van der Waals surface area contributed by atoms with Gasteiger partial charge >= 0.3 is 6.09 Å². The van der Waals surface area contributed by atoms with Crippen molar-refractivity contribution in [2.45, 2.75) is 65.7 Å². The molecule has 0 bridgehead atoms. The van der Waals surface area contributed by atoms with Gasteiger partial charge in [0, 0.05) is 32.7 Å². The fourth-order valence-corrected chi connectivity index (χ4v) is 3.00. The number of alkyl carbamates (subject to hydrolysis) is 1. The van der Waals surface area contributed by atoms with E-state index in [-0.39, 0.29) is 42.5 Å². The zero-order valence-electron chi connectivity index (χ0n) is 20.3. The molecular weight excluding hydrogens is 513 g/mol. The Morgan fingerprint density at radius 3 is 2.32 bits per heavy atom. The largest absolute Gasteiger partial charge is 0.444 e. The first-order chi connectivity index (χ1) is 13.9. The standard InChI is InChI=1S/C21H43N5O4.HI/c1-8-22-18(24-14-21(7,28)15-26-9-11-29-12-10-26)23-13-17(16(2)3)25-19(27)30-20(4,5)6;/h16-17,28H,8-15H2,1-7H3,(H,25,27)(H2,22,23,24);1H. The zero-order valence-corrected chi connectivity index (χ0v) is 22.6. The second-order valence-corrected chi connectivity index (χ2v) is 9.46. The summed E-state index contributed by atoms with van der Waals surface area (Å²) in [4.78, 5) is 18.9. The topological polar surface area (TPSA) is 107 Å². The molecule has 0 aromatic heterocycles. The number of aliphatic imine (C=N–C) groups is 1. The molecular formula is C21H44IN5O4. The van der Waals surface area contributed by atoms with Crippen LogP contribution in [0.4, 0.5) is 4.79 Å². The second-order valence-electron chi connectivity index (χ2n) is 9.46. The molecule has 10 heteroatoms. The maximum Gasteiger partial charge on any atom is 0.407 e. The van der Waals surface area contributed by atoms with Crippen LogP contribution in [0.3, 0.4) is 0 Å². The van der Waals surface area contributed by atoms with Gasteiger partial charge in [-0.15, -0.1) is 24.0 Å². The van der Waals surface area contributed by atoms with Crippen molar-refractivity contribution in [2.24, 2.45) is 10.9 Å². The number of hydrogen-bond acceptors (Lipinski definition) is 6. The number of hydrogen-bond donors (Lipinski definition) is 4. The minimum Gasteiger partial charge on any atom is -0.444 e. The summed E-state index contributed by atoms with van der Waals surface area (Å²) in [5, 5.41) is 20.1. The van der Waals surface area contributed by atoms with Crippen LogP contribution in [0.15, 0.2) is 4.99 Å². The van der Waals surface area contributed by atoms with Gasteiger partial charge in [0.05, 0.1) is 31.4 Å². The van der Waals surface area contributed by atoms with Gasteiger partial charge in [-0.05, 0) is 40.5 Å². The van der Waals surface area contributed by atoms with Gasteiger partial charge in [-0.2, -0.15) is 0 Å². The minimum absolute atomic E-state index is 0. The highest BCUT2D eigenvalue weighted by Crippen LogP contribution is 2.10. The average Bonchev–Trinajstić information content (AvgIpc) is 2.61. The first-order valence-electron chi connectivity index (χ1n) is 11.0. The third-order valence-corrected chi connectivity index (χ3v) is 4.59. The lowest BCUT2D eigenvalue weighted by Gasteiger charge is -2.33. The molecule has 0 aromatic rings. The van der Waals surface area contributed by atoms with Crippen LogP contribution in [0.2, 0.25) is 0 Å². The van der Waals surface area contributed by atoms with Gasteiger partial charge in [0.2, 0.25) is 0 Å². The number of ether oxygens (including phenoxy) is 2. The number of aliphatic hydroxyl groups is 1. The van der Waals surface area contributed by atoms with Crippen molar-refractivity contribution in [1.82, 2.24) is 20.9 Å². The lowest BCUT2D eigenvalue weighted by Crippen LogP contribution is -2.51. The van der Waals surface area contributed by atoms with E-state index in [4.69, 9.17) is 9.47 Å². The number of carbonyl (C=O) groups is 1. The average molecular weight is 558 g/mol. The van der Waals surface area contributed by atoms with Crippen LogP contribution in [0, 0.1) is 5.92 Å². The molecule has 0 aromatic carbocycles. The van der Waals surface area contributed by atoms with Crippen molar-refractivity contribution in [3.05, 3.63) is 0 Å². The Hall–Kier alpha value is -0.850. The molecule has 1 rings (SSSR count). The lowest BCUT2D eigenvalue weighted by molar-refractivity contribution is -0.0180. The van der Waals surface area contributed by atoms with Crippen LogP contribution in [0.1, 0.15) is 48.5 Å². The zero-order chi connectivity index (χ0) is 22.8. The third kappa shape index (κ3) is 14.0. The van der Waals surface area contributed by atoms with E-state index < -0.39 is 17.3 Å². The van der Waals surface area contributed by atoms with Gasteiger partial charge in [-0.3, -0.25) is 9.89 Å². The Bertz CT molecular complexity index is 546.